The molecule has 37 heavy (non-hydrogen) atoms. The van der Waals surface area contributed by atoms with Crippen LogP contribution in [-0.4, -0.2) is 42.0 Å². The lowest BCUT2D eigenvalue weighted by Gasteiger charge is -2.24. The van der Waals surface area contributed by atoms with Crippen LogP contribution in [0.4, 0.5) is 27.6 Å². The monoisotopic (exact) mass is 604 g/mol. The SMILES string of the molecule is CC1CN(C)C(=O)c2cc(Br)c(O)c(c2)SNc2cc(c(F)cc2F)-c2cc(OC(F)(F)F)ccc2O1. The first-order valence-corrected chi connectivity index (χ1v) is 12.2. The van der Waals surface area contributed by atoms with Gasteiger partial charge < -0.3 is 24.2 Å². The molecule has 1 amide bonds. The fraction of sp³-hybridized carbons (Fsp3) is 0.208. The third kappa shape index (κ3) is 6.04. The maximum atomic E-state index is 15.0. The molecule has 4 bridgehead atoms. The second-order valence-electron chi connectivity index (χ2n) is 8.14. The Morgan fingerprint density at radius 1 is 1.14 bits per heavy atom. The number of likely N-dealkylation sites (N-methyl/N-ethyl adjacent to an activating group) is 1. The van der Waals surface area contributed by atoms with Gasteiger partial charge in [-0.05, 0) is 71.2 Å². The van der Waals surface area contributed by atoms with Gasteiger partial charge in [0.25, 0.3) is 5.91 Å². The number of ether oxygens (including phenoxy) is 2. The van der Waals surface area contributed by atoms with Crippen LogP contribution in [0.5, 0.6) is 17.2 Å². The average Bonchev–Trinajstić information content (AvgIpc) is 2.80. The molecular weight excluding hydrogens is 587 g/mol. The Balaban J connectivity index is 1.88. The molecule has 0 saturated carbocycles. The minimum atomic E-state index is -5.00. The lowest BCUT2D eigenvalue weighted by Crippen LogP contribution is -2.35. The molecule has 6 nitrogen and oxygen atoms in total. The highest BCUT2D eigenvalue weighted by Crippen LogP contribution is 2.41. The summed E-state index contributed by atoms with van der Waals surface area (Å²) in [4.78, 5) is 14.6. The van der Waals surface area contributed by atoms with Gasteiger partial charge in [-0.3, -0.25) is 4.79 Å². The second kappa shape index (κ2) is 10.3. The van der Waals surface area contributed by atoms with E-state index < -0.39 is 35.8 Å². The van der Waals surface area contributed by atoms with Crippen molar-refractivity contribution in [1.29, 1.82) is 0 Å². The van der Waals surface area contributed by atoms with E-state index in [0.717, 1.165) is 30.1 Å². The van der Waals surface area contributed by atoms with Crippen LogP contribution in [-0.2, 0) is 0 Å². The van der Waals surface area contributed by atoms with E-state index in [-0.39, 0.29) is 49.8 Å². The van der Waals surface area contributed by atoms with Crippen LogP contribution in [0.1, 0.15) is 17.3 Å². The van der Waals surface area contributed by atoms with Crippen molar-refractivity contribution in [3.8, 4) is 28.4 Å². The third-order valence-electron chi connectivity index (χ3n) is 5.28. The van der Waals surface area contributed by atoms with E-state index in [2.05, 4.69) is 25.4 Å². The molecule has 0 saturated heterocycles. The Morgan fingerprint density at radius 3 is 2.57 bits per heavy atom. The number of halogens is 6. The number of hydrogen-bond acceptors (Lipinski definition) is 6. The fourth-order valence-electron chi connectivity index (χ4n) is 3.68. The van der Waals surface area contributed by atoms with Crippen molar-refractivity contribution >= 4 is 39.5 Å². The quantitative estimate of drug-likeness (QED) is 0.231. The third-order valence-corrected chi connectivity index (χ3v) is 6.74. The average molecular weight is 605 g/mol. The minimum Gasteiger partial charge on any atom is -0.506 e. The van der Waals surface area contributed by atoms with E-state index in [4.69, 9.17) is 4.74 Å². The zero-order valence-corrected chi connectivity index (χ0v) is 21.5. The molecule has 1 atom stereocenters. The molecular formula is C24H18BrF5N2O4S. The standard InChI is InChI=1S/C24H18BrF5N2O4S/c1-11-10-32(2)23(34)12-5-16(25)22(33)21(6-12)37-31-19-8-14(17(26)9-18(19)27)15-7-13(36-24(28,29)30)3-4-20(15)35-11/h3-9,11,31,33H,10H2,1-2H3. The Morgan fingerprint density at radius 2 is 1.86 bits per heavy atom. The van der Waals surface area contributed by atoms with Crippen LogP contribution in [0, 0.1) is 11.6 Å². The zero-order valence-electron chi connectivity index (χ0n) is 19.1. The van der Waals surface area contributed by atoms with Gasteiger partial charge in [-0.15, -0.1) is 13.2 Å². The fourth-order valence-corrected chi connectivity index (χ4v) is 5.04. The molecule has 3 aromatic carbocycles. The zero-order chi connectivity index (χ0) is 27.1. The summed E-state index contributed by atoms with van der Waals surface area (Å²) in [6, 6.07) is 7.58. The van der Waals surface area contributed by atoms with Crippen molar-refractivity contribution in [2.75, 3.05) is 18.3 Å². The largest absolute Gasteiger partial charge is 0.573 e. The molecule has 1 unspecified atom stereocenters. The Kier molecular flexibility index (Phi) is 7.47. The number of rotatable bonds is 1. The number of anilines is 1. The molecule has 0 fully saturated rings. The number of nitrogens with one attached hydrogen (secondary N) is 1. The molecule has 3 aromatic rings. The topological polar surface area (TPSA) is 71.0 Å². The maximum Gasteiger partial charge on any atom is 0.573 e. The highest BCUT2D eigenvalue weighted by Gasteiger charge is 2.32. The number of fused-ring (bicyclic) bond motifs is 6. The van der Waals surface area contributed by atoms with Crippen LogP contribution in [0.3, 0.4) is 0 Å². The van der Waals surface area contributed by atoms with Gasteiger partial charge >= 0.3 is 6.36 Å². The number of hydrogen-bond donors (Lipinski definition) is 2. The molecule has 4 rings (SSSR count). The first-order chi connectivity index (χ1) is 17.3. The van der Waals surface area contributed by atoms with Gasteiger partial charge in [0.15, 0.2) is 0 Å². The number of phenolic OH excluding ortho intramolecular Hbond substituents is 1. The maximum absolute atomic E-state index is 15.0. The summed E-state index contributed by atoms with van der Waals surface area (Å²) >= 11 is 3.95. The Bertz CT molecular complexity index is 1370. The van der Waals surface area contributed by atoms with Crippen molar-refractivity contribution in [2.45, 2.75) is 24.3 Å². The first kappa shape index (κ1) is 26.9. The van der Waals surface area contributed by atoms with Crippen LogP contribution in [0.15, 0.2) is 51.8 Å². The molecule has 2 N–H and O–H groups in total. The summed E-state index contributed by atoms with van der Waals surface area (Å²) in [6.07, 6.45) is -5.69. The van der Waals surface area contributed by atoms with Crippen LogP contribution in [0.2, 0.25) is 0 Å². The number of amides is 1. The Hall–Kier alpha value is -3.19. The van der Waals surface area contributed by atoms with Crippen LogP contribution in [0.25, 0.3) is 11.1 Å². The van der Waals surface area contributed by atoms with E-state index in [1.54, 1.807) is 6.92 Å². The van der Waals surface area contributed by atoms with Crippen molar-refractivity contribution in [2.24, 2.45) is 0 Å². The lowest BCUT2D eigenvalue weighted by molar-refractivity contribution is -0.274. The van der Waals surface area contributed by atoms with E-state index in [0.29, 0.717) is 6.07 Å². The van der Waals surface area contributed by atoms with Gasteiger partial charge in [0.2, 0.25) is 0 Å². The van der Waals surface area contributed by atoms with Gasteiger partial charge in [0.05, 0.1) is 21.6 Å². The summed E-state index contributed by atoms with van der Waals surface area (Å²) in [5.74, 6) is -3.34. The molecule has 196 valence electrons. The summed E-state index contributed by atoms with van der Waals surface area (Å²) < 4.78 is 80.9. The van der Waals surface area contributed by atoms with Gasteiger partial charge in [-0.25, -0.2) is 8.78 Å². The summed E-state index contributed by atoms with van der Waals surface area (Å²) in [5, 5.41) is 10.4. The summed E-state index contributed by atoms with van der Waals surface area (Å²) in [7, 11) is 1.52. The molecule has 13 heteroatoms. The van der Waals surface area contributed by atoms with Crippen LogP contribution < -0.4 is 14.2 Å². The van der Waals surface area contributed by atoms with Gasteiger partial charge in [-0.1, -0.05) is 0 Å². The van der Waals surface area contributed by atoms with Crippen molar-refractivity contribution in [3.63, 3.8) is 0 Å². The highest BCUT2D eigenvalue weighted by molar-refractivity contribution is 9.10. The van der Waals surface area contributed by atoms with Gasteiger partial charge in [0.1, 0.15) is 35.0 Å². The summed E-state index contributed by atoms with van der Waals surface area (Å²) in [6.45, 7) is 1.67. The second-order valence-corrected chi connectivity index (χ2v) is 9.84. The molecule has 0 radical (unpaired) electrons. The molecule has 1 aliphatic heterocycles. The predicted octanol–water partition coefficient (Wildman–Crippen LogP) is 6.97. The van der Waals surface area contributed by atoms with Gasteiger partial charge in [-0.2, -0.15) is 0 Å². The molecule has 1 aliphatic rings. The van der Waals surface area contributed by atoms with Crippen LogP contribution >= 0.6 is 27.9 Å². The van der Waals surface area contributed by atoms with Crippen molar-refractivity contribution < 1.29 is 41.3 Å². The van der Waals surface area contributed by atoms with E-state index in [1.165, 1.54) is 30.1 Å². The number of benzene rings is 3. The molecule has 1 heterocycles. The molecule has 0 aliphatic carbocycles. The van der Waals surface area contributed by atoms with Crippen molar-refractivity contribution in [1.82, 2.24) is 4.90 Å². The highest BCUT2D eigenvalue weighted by atomic mass is 79.9. The number of alkyl halides is 3. The number of carbonyl (C=O) groups excluding carboxylic acids is 1. The number of phenols is 1. The van der Waals surface area contributed by atoms with Crippen molar-refractivity contribution in [3.05, 3.63) is 64.1 Å². The first-order valence-electron chi connectivity index (χ1n) is 10.6. The van der Waals surface area contributed by atoms with E-state index >= 15 is 0 Å². The summed E-state index contributed by atoms with van der Waals surface area (Å²) in [5.41, 5.74) is -0.415. The van der Waals surface area contributed by atoms with E-state index in [9.17, 15) is 31.9 Å². The van der Waals surface area contributed by atoms with E-state index in [1.807, 2.05) is 0 Å². The smallest absolute Gasteiger partial charge is 0.506 e. The number of aromatic hydroxyl groups is 1. The Labute approximate surface area is 220 Å². The lowest BCUT2D eigenvalue weighted by atomic mass is 10.0. The molecule has 0 aromatic heterocycles. The van der Waals surface area contributed by atoms with Gasteiger partial charge in [0, 0.05) is 29.8 Å². The molecule has 0 spiro atoms. The predicted molar refractivity (Wildman–Crippen MR) is 131 cm³/mol. The number of carbonyl (C=O) groups is 1. The number of nitrogens with zero attached hydrogens (tertiary/aromatic N) is 1. The normalized spacial score (nSPS) is 16.2. The minimum absolute atomic E-state index is 0.0113.